The van der Waals surface area contributed by atoms with Gasteiger partial charge in [-0.15, -0.1) is 0 Å². The van der Waals surface area contributed by atoms with E-state index in [-0.39, 0.29) is 43.7 Å². The highest BCUT2D eigenvalue weighted by atomic mass is 19.1. The number of halogens is 2. The molecule has 28 heavy (non-hydrogen) atoms. The molecule has 0 aromatic heterocycles. The third-order valence-corrected chi connectivity index (χ3v) is 4.16. The molecule has 2 aromatic carbocycles. The van der Waals surface area contributed by atoms with Crippen LogP contribution >= 0.6 is 0 Å². The van der Waals surface area contributed by atoms with Crippen molar-refractivity contribution in [1.29, 1.82) is 0 Å². The zero-order valence-corrected chi connectivity index (χ0v) is 15.3. The predicted octanol–water partition coefficient (Wildman–Crippen LogP) is 2.66. The fraction of sp³-hybridized carbons (Fsp3) is 0.300. The van der Waals surface area contributed by atoms with Crippen molar-refractivity contribution in [2.75, 3.05) is 24.7 Å². The summed E-state index contributed by atoms with van der Waals surface area (Å²) in [5.41, 5.74) is 0.634. The lowest BCUT2D eigenvalue weighted by Gasteiger charge is -2.29. The van der Waals surface area contributed by atoms with Crippen molar-refractivity contribution in [2.24, 2.45) is 0 Å². The maximum atomic E-state index is 13.5. The van der Waals surface area contributed by atoms with Crippen LogP contribution in [0.5, 0.6) is 11.5 Å². The van der Waals surface area contributed by atoms with Gasteiger partial charge in [-0.3, -0.25) is 9.59 Å². The summed E-state index contributed by atoms with van der Waals surface area (Å²) in [5, 5.41) is 2.73. The molecule has 0 aliphatic carbocycles. The standard InChI is InChI=1S/C20H20F2N2O4/c1-13(11-27-17-7-6-14(21)10-15(17)22)23-19(25)8-9-24-16-4-2-3-5-18(16)28-12-20(24)26/h2-7,10,13H,8-9,11-12H2,1H3,(H,23,25). The van der Waals surface area contributed by atoms with Crippen LogP contribution in [0.25, 0.3) is 0 Å². The fourth-order valence-corrected chi connectivity index (χ4v) is 2.81. The highest BCUT2D eigenvalue weighted by molar-refractivity contribution is 5.98. The molecule has 1 heterocycles. The van der Waals surface area contributed by atoms with Gasteiger partial charge in [0.15, 0.2) is 18.2 Å². The number of nitrogens with zero attached hydrogens (tertiary/aromatic N) is 1. The van der Waals surface area contributed by atoms with E-state index in [9.17, 15) is 18.4 Å². The number of hydrogen-bond acceptors (Lipinski definition) is 4. The molecule has 0 fully saturated rings. The molecule has 0 spiro atoms. The number of hydrogen-bond donors (Lipinski definition) is 1. The number of para-hydroxylation sites is 2. The molecule has 0 saturated carbocycles. The van der Waals surface area contributed by atoms with E-state index in [0.717, 1.165) is 12.1 Å². The molecule has 3 rings (SSSR count). The maximum absolute atomic E-state index is 13.5. The number of benzene rings is 2. The third-order valence-electron chi connectivity index (χ3n) is 4.16. The highest BCUT2D eigenvalue weighted by Gasteiger charge is 2.25. The molecule has 1 atom stereocenters. The molecule has 1 N–H and O–H groups in total. The summed E-state index contributed by atoms with van der Waals surface area (Å²) >= 11 is 0. The summed E-state index contributed by atoms with van der Waals surface area (Å²) in [6, 6.07) is 9.76. The summed E-state index contributed by atoms with van der Waals surface area (Å²) < 4.78 is 37.1. The van der Waals surface area contributed by atoms with Gasteiger partial charge in [0.05, 0.1) is 11.7 Å². The molecular weight excluding hydrogens is 370 g/mol. The number of carbonyl (C=O) groups excluding carboxylic acids is 2. The number of anilines is 1. The molecule has 2 amide bonds. The Morgan fingerprint density at radius 2 is 2.07 bits per heavy atom. The van der Waals surface area contributed by atoms with Crippen LogP contribution in [0, 0.1) is 11.6 Å². The lowest BCUT2D eigenvalue weighted by Crippen LogP contribution is -2.42. The molecule has 1 aliphatic heterocycles. The average Bonchev–Trinajstić information content (AvgIpc) is 2.66. The van der Waals surface area contributed by atoms with Gasteiger partial charge in [0.25, 0.3) is 5.91 Å². The molecule has 2 aromatic rings. The Morgan fingerprint density at radius 3 is 2.86 bits per heavy atom. The summed E-state index contributed by atoms with van der Waals surface area (Å²) in [7, 11) is 0. The molecule has 0 saturated heterocycles. The van der Waals surface area contributed by atoms with Crippen LogP contribution in [0.1, 0.15) is 13.3 Å². The fourth-order valence-electron chi connectivity index (χ4n) is 2.81. The van der Waals surface area contributed by atoms with E-state index in [4.69, 9.17) is 9.47 Å². The minimum Gasteiger partial charge on any atom is -0.488 e. The number of carbonyl (C=O) groups is 2. The van der Waals surface area contributed by atoms with Gasteiger partial charge in [-0.1, -0.05) is 12.1 Å². The lowest BCUT2D eigenvalue weighted by molar-refractivity contribution is -0.122. The van der Waals surface area contributed by atoms with E-state index in [2.05, 4.69) is 5.32 Å². The minimum atomic E-state index is -0.803. The Morgan fingerprint density at radius 1 is 1.29 bits per heavy atom. The van der Waals surface area contributed by atoms with Gasteiger partial charge >= 0.3 is 0 Å². The molecule has 1 unspecified atom stereocenters. The first kappa shape index (κ1) is 19.6. The van der Waals surface area contributed by atoms with Gasteiger partial charge in [0.1, 0.15) is 18.2 Å². The lowest BCUT2D eigenvalue weighted by atomic mass is 10.2. The first-order chi connectivity index (χ1) is 13.4. The van der Waals surface area contributed by atoms with Gasteiger partial charge in [0.2, 0.25) is 5.91 Å². The monoisotopic (exact) mass is 390 g/mol. The van der Waals surface area contributed by atoms with Crippen LogP contribution in [0.2, 0.25) is 0 Å². The summed E-state index contributed by atoms with van der Waals surface area (Å²) in [6.07, 6.45) is 0.0926. The SMILES string of the molecule is CC(COc1ccc(F)cc1F)NC(=O)CCN1C(=O)COc2ccccc21. The van der Waals surface area contributed by atoms with Crippen LogP contribution in [-0.2, 0) is 9.59 Å². The number of nitrogens with one attached hydrogen (secondary N) is 1. The largest absolute Gasteiger partial charge is 0.488 e. The Labute approximate surface area is 161 Å². The Hall–Kier alpha value is -3.16. The van der Waals surface area contributed by atoms with Gasteiger partial charge in [-0.05, 0) is 31.2 Å². The average molecular weight is 390 g/mol. The van der Waals surface area contributed by atoms with Crippen LogP contribution in [0.3, 0.4) is 0 Å². The Balaban J connectivity index is 1.48. The van der Waals surface area contributed by atoms with Gasteiger partial charge in [-0.25, -0.2) is 8.78 Å². The summed E-state index contributed by atoms with van der Waals surface area (Å²) in [6.45, 7) is 1.87. The second-order valence-corrected chi connectivity index (χ2v) is 6.41. The van der Waals surface area contributed by atoms with Crippen LogP contribution in [-0.4, -0.2) is 37.6 Å². The van der Waals surface area contributed by atoms with Crippen molar-refractivity contribution >= 4 is 17.5 Å². The predicted molar refractivity (Wildman–Crippen MR) is 98.4 cm³/mol. The van der Waals surface area contributed by atoms with Gasteiger partial charge in [-0.2, -0.15) is 0 Å². The normalized spacial score (nSPS) is 14.1. The molecule has 0 bridgehead atoms. The molecule has 1 aliphatic rings. The smallest absolute Gasteiger partial charge is 0.265 e. The van der Waals surface area contributed by atoms with Gasteiger partial charge < -0.3 is 19.7 Å². The number of fused-ring (bicyclic) bond motifs is 1. The molecule has 0 radical (unpaired) electrons. The van der Waals surface area contributed by atoms with E-state index >= 15 is 0 Å². The quantitative estimate of drug-likeness (QED) is 0.789. The van der Waals surface area contributed by atoms with E-state index in [1.807, 2.05) is 6.07 Å². The Bertz CT molecular complexity index is 875. The third kappa shape index (κ3) is 4.76. The summed E-state index contributed by atoms with van der Waals surface area (Å²) in [4.78, 5) is 25.8. The van der Waals surface area contributed by atoms with Crippen molar-refractivity contribution in [3.8, 4) is 11.5 Å². The molecular formula is C20H20F2N2O4. The van der Waals surface area contributed by atoms with Crippen molar-refractivity contribution in [2.45, 2.75) is 19.4 Å². The van der Waals surface area contributed by atoms with Crippen molar-refractivity contribution in [3.05, 3.63) is 54.1 Å². The topological polar surface area (TPSA) is 67.9 Å². The Kier molecular flexibility index (Phi) is 6.08. The van der Waals surface area contributed by atoms with Crippen molar-refractivity contribution in [1.82, 2.24) is 5.32 Å². The highest BCUT2D eigenvalue weighted by Crippen LogP contribution is 2.31. The van der Waals surface area contributed by atoms with E-state index in [1.165, 1.54) is 11.0 Å². The minimum absolute atomic E-state index is 0.0214. The van der Waals surface area contributed by atoms with Crippen LogP contribution < -0.4 is 19.7 Å². The van der Waals surface area contributed by atoms with E-state index in [1.54, 1.807) is 25.1 Å². The molecule has 6 nitrogen and oxygen atoms in total. The molecule has 8 heteroatoms. The van der Waals surface area contributed by atoms with E-state index < -0.39 is 17.7 Å². The number of amides is 2. The van der Waals surface area contributed by atoms with E-state index in [0.29, 0.717) is 11.4 Å². The first-order valence-corrected chi connectivity index (χ1v) is 8.83. The molecule has 148 valence electrons. The van der Waals surface area contributed by atoms with Gasteiger partial charge in [0, 0.05) is 19.0 Å². The van der Waals surface area contributed by atoms with Crippen molar-refractivity contribution < 1.29 is 27.8 Å². The summed E-state index contributed by atoms with van der Waals surface area (Å²) in [5.74, 6) is -1.46. The van der Waals surface area contributed by atoms with Crippen LogP contribution in [0.15, 0.2) is 42.5 Å². The van der Waals surface area contributed by atoms with Crippen molar-refractivity contribution in [3.63, 3.8) is 0 Å². The zero-order chi connectivity index (χ0) is 20.1. The first-order valence-electron chi connectivity index (χ1n) is 8.83. The maximum Gasteiger partial charge on any atom is 0.265 e. The number of rotatable bonds is 7. The second kappa shape index (κ2) is 8.69. The second-order valence-electron chi connectivity index (χ2n) is 6.41. The zero-order valence-electron chi connectivity index (χ0n) is 15.3. The van der Waals surface area contributed by atoms with Crippen LogP contribution in [0.4, 0.5) is 14.5 Å². The number of ether oxygens (including phenoxy) is 2.